The van der Waals surface area contributed by atoms with Crippen LogP contribution in [0.2, 0.25) is 5.02 Å². The van der Waals surface area contributed by atoms with Crippen molar-refractivity contribution in [3.63, 3.8) is 0 Å². The van der Waals surface area contributed by atoms with Crippen molar-refractivity contribution < 1.29 is 4.39 Å². The second-order valence-corrected chi connectivity index (χ2v) is 3.26. The molecule has 0 unspecified atom stereocenters. The van der Waals surface area contributed by atoms with E-state index in [1.165, 1.54) is 6.07 Å². The fraction of sp³-hybridized carbons (Fsp3) is 0. The maximum absolute atomic E-state index is 12.6. The van der Waals surface area contributed by atoms with Crippen LogP contribution in [0.4, 0.5) is 4.39 Å². The van der Waals surface area contributed by atoms with E-state index in [9.17, 15) is 4.39 Å². The number of rotatable bonds is 1. The average Bonchev–Trinajstić information content (AvgIpc) is 2.34. The van der Waals surface area contributed by atoms with Crippen molar-refractivity contribution in [2.45, 2.75) is 0 Å². The van der Waals surface area contributed by atoms with E-state index < -0.39 is 5.13 Å². The molecule has 0 spiro atoms. The molecular weight excluding hydrogens is 203 g/mol. The fourth-order valence-electron chi connectivity index (χ4n) is 0.664. The maximum atomic E-state index is 12.6. The predicted molar refractivity (Wildman–Crippen MR) is 47.3 cm³/mol. The maximum Gasteiger partial charge on any atom is 0.178 e. The van der Waals surface area contributed by atoms with E-state index in [1.54, 1.807) is 0 Å². The van der Waals surface area contributed by atoms with Gasteiger partial charge in [-0.15, -0.1) is 11.3 Å². The first kappa shape index (κ1) is 9.24. The number of thiophene rings is 1. The van der Waals surface area contributed by atoms with Gasteiger partial charge in [-0.05, 0) is 0 Å². The highest BCUT2D eigenvalue weighted by molar-refractivity contribution is 7.13. The van der Waals surface area contributed by atoms with Gasteiger partial charge in [0.25, 0.3) is 0 Å². The minimum absolute atomic E-state index is 0.161. The van der Waals surface area contributed by atoms with Gasteiger partial charge in [-0.25, -0.2) is 5.84 Å². The minimum atomic E-state index is -0.411. The van der Waals surface area contributed by atoms with Crippen molar-refractivity contribution in [3.05, 3.63) is 21.1 Å². The van der Waals surface area contributed by atoms with Crippen molar-refractivity contribution in [2.24, 2.45) is 16.8 Å². The normalized spacial score (nSPS) is 11.8. The van der Waals surface area contributed by atoms with Gasteiger partial charge in [0.2, 0.25) is 0 Å². The summed E-state index contributed by atoms with van der Waals surface area (Å²) >= 11 is 6.46. The number of nitrogens with one attached hydrogen (secondary N) is 1. The summed E-state index contributed by atoms with van der Waals surface area (Å²) in [4.78, 5) is 0.388. The molecular formula is C5H6ClFN4S. The van der Waals surface area contributed by atoms with Gasteiger partial charge in [-0.1, -0.05) is 11.6 Å². The summed E-state index contributed by atoms with van der Waals surface area (Å²) in [5, 5.41) is 3.12. The number of hydrogen-bond acceptors (Lipinski definition) is 4. The second kappa shape index (κ2) is 3.70. The summed E-state index contributed by atoms with van der Waals surface area (Å²) in [7, 11) is 0. The number of nitrogens with two attached hydrogens (primary N) is 2. The summed E-state index contributed by atoms with van der Waals surface area (Å²) < 4.78 is 12.6. The molecule has 0 radical (unpaired) electrons. The molecule has 0 aliphatic heterocycles. The fourth-order valence-corrected chi connectivity index (χ4v) is 1.77. The monoisotopic (exact) mass is 208 g/mol. The molecule has 0 bridgehead atoms. The van der Waals surface area contributed by atoms with Gasteiger partial charge in [-0.3, -0.25) is 0 Å². The highest BCUT2D eigenvalue weighted by Gasteiger charge is 2.11. The van der Waals surface area contributed by atoms with E-state index in [0.717, 1.165) is 11.3 Å². The van der Waals surface area contributed by atoms with Crippen molar-refractivity contribution >= 4 is 28.8 Å². The van der Waals surface area contributed by atoms with E-state index in [4.69, 9.17) is 23.3 Å². The van der Waals surface area contributed by atoms with Crippen LogP contribution in [0.1, 0.15) is 4.88 Å². The van der Waals surface area contributed by atoms with E-state index >= 15 is 0 Å². The van der Waals surface area contributed by atoms with Crippen LogP contribution in [0.3, 0.4) is 0 Å². The Labute approximate surface area is 77.0 Å². The average molecular weight is 209 g/mol. The van der Waals surface area contributed by atoms with Crippen LogP contribution in [-0.2, 0) is 0 Å². The van der Waals surface area contributed by atoms with Crippen molar-refractivity contribution in [1.29, 1.82) is 0 Å². The summed E-state index contributed by atoms with van der Waals surface area (Å²) in [6.07, 6.45) is 0. The molecule has 0 saturated heterocycles. The Kier molecular flexibility index (Phi) is 2.85. The van der Waals surface area contributed by atoms with Gasteiger partial charge in [-0.2, -0.15) is 9.49 Å². The summed E-state index contributed by atoms with van der Waals surface area (Å²) in [5.41, 5.74) is 2.21. The third-order valence-electron chi connectivity index (χ3n) is 1.14. The van der Waals surface area contributed by atoms with Crippen molar-refractivity contribution in [3.8, 4) is 0 Å². The Bertz CT molecular complexity index is 310. The number of hydrogen-bond donors (Lipinski definition) is 3. The molecule has 0 fully saturated rings. The van der Waals surface area contributed by atoms with Gasteiger partial charge in [0.15, 0.2) is 11.0 Å². The minimum Gasteiger partial charge on any atom is -0.321 e. The van der Waals surface area contributed by atoms with E-state index in [1.807, 2.05) is 0 Å². The molecule has 0 aliphatic carbocycles. The smallest absolute Gasteiger partial charge is 0.178 e. The molecule has 12 heavy (non-hydrogen) atoms. The molecule has 0 aromatic carbocycles. The molecule has 1 rings (SSSR count). The number of hydrazone groups is 1. The summed E-state index contributed by atoms with van der Waals surface area (Å²) in [6, 6.07) is 1.17. The quantitative estimate of drug-likeness (QED) is 0.274. The van der Waals surface area contributed by atoms with Gasteiger partial charge in [0, 0.05) is 6.07 Å². The van der Waals surface area contributed by atoms with E-state index in [2.05, 4.69) is 10.5 Å². The van der Waals surface area contributed by atoms with Crippen LogP contribution >= 0.6 is 22.9 Å². The Morgan fingerprint density at radius 3 is 2.75 bits per heavy atom. The first-order valence-corrected chi connectivity index (χ1v) is 4.08. The molecule has 1 aromatic rings. The largest absolute Gasteiger partial charge is 0.321 e. The molecule has 0 saturated carbocycles. The standard InChI is InChI=1S/C5H6ClFN4S/c6-2-1-3(7)12-4(2)5(10-8)11-9/h1H,8-9H2,(H,10,11). The van der Waals surface area contributed by atoms with Gasteiger partial charge < -0.3 is 11.3 Å². The van der Waals surface area contributed by atoms with Gasteiger partial charge >= 0.3 is 0 Å². The Hall–Kier alpha value is -0.850. The lowest BCUT2D eigenvalue weighted by Gasteiger charge is -1.99. The molecule has 0 atom stereocenters. The van der Waals surface area contributed by atoms with Gasteiger partial charge in [0.1, 0.15) is 0 Å². The lowest BCUT2D eigenvalue weighted by Crippen LogP contribution is -2.31. The molecule has 1 heterocycles. The second-order valence-electron chi connectivity index (χ2n) is 1.85. The Balaban J connectivity index is 3.09. The molecule has 5 N–H and O–H groups in total. The summed E-state index contributed by atoms with van der Waals surface area (Å²) in [6.45, 7) is 0. The highest BCUT2D eigenvalue weighted by atomic mass is 35.5. The van der Waals surface area contributed by atoms with Crippen molar-refractivity contribution in [2.75, 3.05) is 0 Å². The number of hydrazine groups is 1. The van der Waals surface area contributed by atoms with Crippen molar-refractivity contribution in [1.82, 2.24) is 5.43 Å². The first-order valence-electron chi connectivity index (χ1n) is 2.88. The van der Waals surface area contributed by atoms with E-state index in [-0.39, 0.29) is 10.9 Å². The third-order valence-corrected chi connectivity index (χ3v) is 2.48. The Morgan fingerprint density at radius 1 is 1.75 bits per heavy atom. The zero-order chi connectivity index (χ0) is 9.14. The zero-order valence-corrected chi connectivity index (χ0v) is 7.42. The number of nitrogens with zero attached hydrogens (tertiary/aromatic N) is 1. The molecule has 1 aromatic heterocycles. The van der Waals surface area contributed by atoms with Crippen LogP contribution in [0.15, 0.2) is 11.2 Å². The van der Waals surface area contributed by atoms with E-state index in [0.29, 0.717) is 4.88 Å². The first-order chi connectivity index (χ1) is 5.69. The number of amidine groups is 1. The molecule has 0 amide bonds. The number of halogens is 2. The lowest BCUT2D eigenvalue weighted by molar-refractivity contribution is 0.657. The molecule has 4 nitrogen and oxygen atoms in total. The highest BCUT2D eigenvalue weighted by Crippen LogP contribution is 2.25. The summed E-state index contributed by atoms with van der Waals surface area (Å²) in [5.74, 6) is 10.2. The Morgan fingerprint density at radius 2 is 2.42 bits per heavy atom. The molecule has 0 aliphatic rings. The SMILES string of the molecule is N/N=C(\NN)c1sc(F)cc1Cl. The lowest BCUT2D eigenvalue weighted by atomic mass is 10.4. The van der Waals surface area contributed by atoms with Crippen LogP contribution in [0.5, 0.6) is 0 Å². The molecule has 66 valence electrons. The predicted octanol–water partition coefficient (Wildman–Crippen LogP) is 0.624. The van der Waals surface area contributed by atoms with Crippen LogP contribution < -0.4 is 17.1 Å². The van der Waals surface area contributed by atoms with Crippen LogP contribution in [-0.4, -0.2) is 5.84 Å². The topological polar surface area (TPSA) is 76.4 Å². The van der Waals surface area contributed by atoms with Crippen LogP contribution in [0.25, 0.3) is 0 Å². The zero-order valence-electron chi connectivity index (χ0n) is 5.84. The van der Waals surface area contributed by atoms with Gasteiger partial charge in [0.05, 0.1) is 9.90 Å². The molecule has 7 heteroatoms. The van der Waals surface area contributed by atoms with Crippen LogP contribution in [0, 0.1) is 5.13 Å². The third kappa shape index (κ3) is 1.66.